The number of benzene rings is 2. The van der Waals surface area contributed by atoms with Gasteiger partial charge in [-0.15, -0.1) is 0 Å². The van der Waals surface area contributed by atoms with E-state index < -0.39 is 30.3 Å². The van der Waals surface area contributed by atoms with Crippen molar-refractivity contribution in [2.45, 2.75) is 0 Å². The zero-order valence-corrected chi connectivity index (χ0v) is 14.7. The van der Waals surface area contributed by atoms with Crippen LogP contribution in [-0.2, 0) is 14.3 Å². The van der Waals surface area contributed by atoms with Gasteiger partial charge in [0.25, 0.3) is 11.8 Å². The second-order valence-corrected chi connectivity index (χ2v) is 5.56. The lowest BCUT2D eigenvalue weighted by atomic mass is 10.1. The summed E-state index contributed by atoms with van der Waals surface area (Å²) in [7, 11) is 1.59. The molecule has 0 atom stereocenters. The third-order valence-electron chi connectivity index (χ3n) is 3.62. The van der Waals surface area contributed by atoms with Crippen LogP contribution in [0, 0.1) is 0 Å². The smallest absolute Gasteiger partial charge is 0.339 e. The lowest BCUT2D eigenvalue weighted by molar-refractivity contribution is -0.127. The second-order valence-electron chi connectivity index (χ2n) is 5.56. The Morgan fingerprint density at radius 3 is 2.19 bits per heavy atom. The van der Waals surface area contributed by atoms with Crippen LogP contribution >= 0.6 is 0 Å². The molecule has 2 aromatic carbocycles. The molecule has 8 nitrogen and oxygen atoms in total. The summed E-state index contributed by atoms with van der Waals surface area (Å²) in [6.07, 6.45) is 0. The first kappa shape index (κ1) is 19.6. The number of ether oxygens (including phenoxy) is 1. The van der Waals surface area contributed by atoms with E-state index >= 15 is 0 Å². The molecule has 0 radical (unpaired) electrons. The molecule has 2 rings (SSSR count). The van der Waals surface area contributed by atoms with Crippen molar-refractivity contribution in [2.24, 2.45) is 5.73 Å². The molecule has 3 amide bonds. The number of nitrogens with two attached hydrogens (primary N) is 1. The summed E-state index contributed by atoms with van der Waals surface area (Å²) in [4.78, 5) is 48.6. The first-order valence-corrected chi connectivity index (χ1v) is 8.04. The van der Waals surface area contributed by atoms with Crippen molar-refractivity contribution in [2.75, 3.05) is 25.1 Å². The molecule has 0 bridgehead atoms. The van der Waals surface area contributed by atoms with Gasteiger partial charge in [-0.05, 0) is 24.3 Å². The topological polar surface area (TPSA) is 119 Å². The van der Waals surface area contributed by atoms with Crippen molar-refractivity contribution in [3.8, 4) is 0 Å². The third-order valence-corrected chi connectivity index (χ3v) is 3.62. The fraction of sp³-hybridized carbons (Fsp3) is 0.158. The first-order chi connectivity index (χ1) is 12.9. The summed E-state index contributed by atoms with van der Waals surface area (Å²) < 4.78 is 4.92. The molecule has 8 heteroatoms. The van der Waals surface area contributed by atoms with Gasteiger partial charge in [-0.25, -0.2) is 4.79 Å². The Kier molecular flexibility index (Phi) is 6.65. The minimum absolute atomic E-state index is 0.0352. The maximum absolute atomic E-state index is 12.8. The molecule has 140 valence electrons. The minimum atomic E-state index is -0.824. The lowest BCUT2D eigenvalue weighted by Crippen LogP contribution is -2.36. The van der Waals surface area contributed by atoms with E-state index in [0.717, 1.165) is 0 Å². The number of amides is 3. The standard InChI is InChI=1S/C19H19N3O5/c1-22(13-7-3-2-4-8-13)18(25)14-9-5-6-10-15(14)19(26)27-12-17(24)21-11-16(20)23/h2-10H,11-12H2,1H3,(H2,20,23)(H,21,24). The maximum Gasteiger partial charge on any atom is 0.339 e. The Hall–Kier alpha value is -3.68. The number of para-hydroxylation sites is 1. The molecule has 0 fully saturated rings. The molecule has 0 aliphatic heterocycles. The number of hydrogen-bond donors (Lipinski definition) is 2. The third kappa shape index (κ3) is 5.40. The van der Waals surface area contributed by atoms with E-state index in [1.54, 1.807) is 43.4 Å². The molecule has 0 heterocycles. The molecule has 0 aliphatic rings. The van der Waals surface area contributed by atoms with Gasteiger partial charge in [0.05, 0.1) is 17.7 Å². The largest absolute Gasteiger partial charge is 0.452 e. The highest BCUT2D eigenvalue weighted by Crippen LogP contribution is 2.18. The molecule has 0 aromatic heterocycles. The van der Waals surface area contributed by atoms with Gasteiger partial charge in [0.2, 0.25) is 5.91 Å². The Balaban J connectivity index is 2.10. The number of esters is 1. The summed E-state index contributed by atoms with van der Waals surface area (Å²) >= 11 is 0. The lowest BCUT2D eigenvalue weighted by Gasteiger charge is -2.18. The molecule has 0 unspecified atom stereocenters. The maximum atomic E-state index is 12.8. The normalized spacial score (nSPS) is 9.96. The van der Waals surface area contributed by atoms with Crippen molar-refractivity contribution in [3.05, 3.63) is 65.7 Å². The van der Waals surface area contributed by atoms with Crippen molar-refractivity contribution in [1.82, 2.24) is 5.32 Å². The van der Waals surface area contributed by atoms with E-state index in [0.29, 0.717) is 5.69 Å². The van der Waals surface area contributed by atoms with Crippen LogP contribution in [0.1, 0.15) is 20.7 Å². The van der Waals surface area contributed by atoms with Crippen LogP contribution in [0.25, 0.3) is 0 Å². The number of nitrogens with one attached hydrogen (secondary N) is 1. The van der Waals surface area contributed by atoms with Crippen LogP contribution in [0.5, 0.6) is 0 Å². The number of anilines is 1. The van der Waals surface area contributed by atoms with E-state index in [9.17, 15) is 19.2 Å². The summed E-state index contributed by atoms with van der Waals surface area (Å²) in [5, 5.41) is 2.20. The van der Waals surface area contributed by atoms with E-state index in [1.807, 2.05) is 6.07 Å². The molecule has 3 N–H and O–H groups in total. The van der Waals surface area contributed by atoms with Gasteiger partial charge >= 0.3 is 5.97 Å². The van der Waals surface area contributed by atoms with Crippen LogP contribution in [0.2, 0.25) is 0 Å². The van der Waals surface area contributed by atoms with Crippen molar-refractivity contribution in [3.63, 3.8) is 0 Å². The monoisotopic (exact) mass is 369 g/mol. The van der Waals surface area contributed by atoms with Gasteiger partial charge in [0, 0.05) is 12.7 Å². The molecule has 0 aliphatic carbocycles. The highest BCUT2D eigenvalue weighted by atomic mass is 16.5. The number of carbonyl (C=O) groups is 4. The van der Waals surface area contributed by atoms with Crippen LogP contribution in [0.4, 0.5) is 5.69 Å². The SMILES string of the molecule is CN(C(=O)c1ccccc1C(=O)OCC(=O)NCC(N)=O)c1ccccc1. The molecule has 0 saturated heterocycles. The Bertz CT molecular complexity index is 851. The van der Waals surface area contributed by atoms with E-state index in [2.05, 4.69) is 5.32 Å². The van der Waals surface area contributed by atoms with Crippen LogP contribution in [0.15, 0.2) is 54.6 Å². The quantitative estimate of drug-likeness (QED) is 0.697. The average Bonchev–Trinajstić information content (AvgIpc) is 2.70. The summed E-state index contributed by atoms with van der Waals surface area (Å²) in [6, 6.07) is 15.1. The molecule has 0 spiro atoms. The van der Waals surface area contributed by atoms with Crippen molar-refractivity contribution in [1.29, 1.82) is 0 Å². The number of hydrogen-bond acceptors (Lipinski definition) is 5. The minimum Gasteiger partial charge on any atom is -0.452 e. The highest BCUT2D eigenvalue weighted by Gasteiger charge is 2.22. The summed E-state index contributed by atoms with van der Waals surface area (Å²) in [5.41, 5.74) is 5.76. The molecule has 0 saturated carbocycles. The summed E-state index contributed by atoms with van der Waals surface area (Å²) in [5.74, 6) is -2.61. The fourth-order valence-electron chi connectivity index (χ4n) is 2.24. The highest BCUT2D eigenvalue weighted by molar-refractivity contribution is 6.12. The molecular weight excluding hydrogens is 350 g/mol. The Labute approximate surface area is 155 Å². The van der Waals surface area contributed by atoms with Gasteiger partial charge in [-0.2, -0.15) is 0 Å². The van der Waals surface area contributed by atoms with E-state index in [4.69, 9.17) is 10.5 Å². The number of primary amides is 1. The second kappa shape index (κ2) is 9.14. The zero-order valence-electron chi connectivity index (χ0n) is 14.7. The number of carbonyl (C=O) groups excluding carboxylic acids is 4. The first-order valence-electron chi connectivity index (χ1n) is 8.04. The van der Waals surface area contributed by atoms with Crippen molar-refractivity contribution < 1.29 is 23.9 Å². The van der Waals surface area contributed by atoms with Gasteiger partial charge in [-0.1, -0.05) is 30.3 Å². The van der Waals surface area contributed by atoms with Crippen LogP contribution in [-0.4, -0.2) is 43.9 Å². The predicted molar refractivity (Wildman–Crippen MR) is 98.1 cm³/mol. The predicted octanol–water partition coefficient (Wildman–Crippen LogP) is 0.722. The Morgan fingerprint density at radius 1 is 0.963 bits per heavy atom. The van der Waals surface area contributed by atoms with Gasteiger partial charge in [0.1, 0.15) is 0 Å². The molecular formula is C19H19N3O5. The fourth-order valence-corrected chi connectivity index (χ4v) is 2.24. The van der Waals surface area contributed by atoms with Gasteiger partial charge < -0.3 is 20.7 Å². The Morgan fingerprint density at radius 2 is 1.56 bits per heavy atom. The molecule has 2 aromatic rings. The van der Waals surface area contributed by atoms with Crippen molar-refractivity contribution >= 4 is 29.4 Å². The van der Waals surface area contributed by atoms with E-state index in [-0.39, 0.29) is 17.7 Å². The van der Waals surface area contributed by atoms with Gasteiger partial charge in [0.15, 0.2) is 6.61 Å². The number of rotatable bonds is 7. The summed E-state index contributed by atoms with van der Waals surface area (Å²) in [6.45, 7) is -0.948. The van der Waals surface area contributed by atoms with Crippen LogP contribution < -0.4 is 16.0 Å². The van der Waals surface area contributed by atoms with E-state index in [1.165, 1.54) is 17.0 Å². The number of nitrogens with zero attached hydrogens (tertiary/aromatic N) is 1. The van der Waals surface area contributed by atoms with Gasteiger partial charge in [-0.3, -0.25) is 14.4 Å². The average molecular weight is 369 g/mol. The van der Waals surface area contributed by atoms with Crippen LogP contribution in [0.3, 0.4) is 0 Å². The zero-order chi connectivity index (χ0) is 19.8. The molecule has 27 heavy (non-hydrogen) atoms.